The molecule has 3 N–H and O–H groups in total. The molecule has 0 aromatic carbocycles. The van der Waals surface area contributed by atoms with E-state index in [-0.39, 0.29) is 6.54 Å². The first-order valence-electron chi connectivity index (χ1n) is 4.66. The molecule has 0 aliphatic heterocycles. The molecule has 0 aromatic heterocycles. The number of carboxylic acid groups (broad SMARTS) is 1. The number of aldehydes is 1. The van der Waals surface area contributed by atoms with Crippen molar-refractivity contribution in [3.8, 4) is 0 Å². The van der Waals surface area contributed by atoms with Gasteiger partial charge in [-0.15, -0.1) is 0 Å². The fraction of sp³-hybridized carbons (Fsp3) is 0.667. The van der Waals surface area contributed by atoms with Crippen molar-refractivity contribution >= 4 is 18.5 Å². The highest BCUT2D eigenvalue weighted by atomic mass is 16.6. The molecular formula is C9H16N2O5. The van der Waals surface area contributed by atoms with Crippen molar-refractivity contribution in [1.29, 1.82) is 0 Å². The number of carbonyl (C=O) groups excluding carboxylic acids is 2. The van der Waals surface area contributed by atoms with Gasteiger partial charge in [0, 0.05) is 6.54 Å². The highest BCUT2D eigenvalue weighted by Crippen LogP contribution is 2.06. The van der Waals surface area contributed by atoms with E-state index in [1.54, 1.807) is 20.8 Å². The first-order chi connectivity index (χ1) is 7.24. The number of hydrogen-bond donors (Lipinski definition) is 3. The summed E-state index contributed by atoms with van der Waals surface area (Å²) in [6.45, 7) is 4.93. The van der Waals surface area contributed by atoms with Gasteiger partial charge in [-0.3, -0.25) is 0 Å². The largest absolute Gasteiger partial charge is 0.465 e. The van der Waals surface area contributed by atoms with Crippen molar-refractivity contribution in [2.45, 2.75) is 32.4 Å². The summed E-state index contributed by atoms with van der Waals surface area (Å²) in [6, 6.07) is -0.981. The van der Waals surface area contributed by atoms with Crippen molar-refractivity contribution < 1.29 is 24.2 Å². The summed E-state index contributed by atoms with van der Waals surface area (Å²) >= 11 is 0. The molecule has 92 valence electrons. The Morgan fingerprint density at radius 3 is 2.38 bits per heavy atom. The van der Waals surface area contributed by atoms with Gasteiger partial charge >= 0.3 is 12.2 Å². The van der Waals surface area contributed by atoms with Gasteiger partial charge in [0.2, 0.25) is 0 Å². The van der Waals surface area contributed by atoms with E-state index in [4.69, 9.17) is 9.84 Å². The Bertz CT molecular complexity index is 272. The van der Waals surface area contributed by atoms with Crippen LogP contribution < -0.4 is 10.6 Å². The van der Waals surface area contributed by atoms with Crippen LogP contribution in [0.5, 0.6) is 0 Å². The van der Waals surface area contributed by atoms with E-state index in [0.29, 0.717) is 6.29 Å². The second kappa shape index (κ2) is 5.94. The monoisotopic (exact) mass is 232 g/mol. The zero-order valence-electron chi connectivity index (χ0n) is 9.44. The van der Waals surface area contributed by atoms with Crippen LogP contribution in [0.1, 0.15) is 20.8 Å². The number of ether oxygens (including phenoxy) is 1. The quantitative estimate of drug-likeness (QED) is 0.606. The topological polar surface area (TPSA) is 105 Å². The van der Waals surface area contributed by atoms with E-state index in [2.05, 4.69) is 5.32 Å². The summed E-state index contributed by atoms with van der Waals surface area (Å²) in [5.74, 6) is 0. The van der Waals surface area contributed by atoms with Crippen molar-refractivity contribution in [2.24, 2.45) is 0 Å². The van der Waals surface area contributed by atoms with Gasteiger partial charge in [-0.1, -0.05) is 0 Å². The van der Waals surface area contributed by atoms with Gasteiger partial charge in [-0.05, 0) is 20.8 Å². The van der Waals surface area contributed by atoms with Gasteiger partial charge in [0.1, 0.15) is 17.9 Å². The van der Waals surface area contributed by atoms with Crippen LogP contribution in [0.25, 0.3) is 0 Å². The smallest absolute Gasteiger partial charge is 0.407 e. The molecule has 7 heteroatoms. The number of carbonyl (C=O) groups is 3. The first kappa shape index (κ1) is 14.2. The Morgan fingerprint density at radius 1 is 1.44 bits per heavy atom. The van der Waals surface area contributed by atoms with E-state index in [0.717, 1.165) is 0 Å². The maximum absolute atomic E-state index is 11.1. The summed E-state index contributed by atoms with van der Waals surface area (Å²) in [5, 5.41) is 12.6. The van der Waals surface area contributed by atoms with Crippen molar-refractivity contribution in [1.82, 2.24) is 10.6 Å². The van der Waals surface area contributed by atoms with E-state index >= 15 is 0 Å². The zero-order valence-corrected chi connectivity index (χ0v) is 9.44. The molecule has 0 heterocycles. The number of nitrogens with one attached hydrogen (secondary N) is 2. The molecule has 0 spiro atoms. The zero-order chi connectivity index (χ0) is 12.8. The van der Waals surface area contributed by atoms with Crippen LogP contribution in [0, 0.1) is 0 Å². The lowest BCUT2D eigenvalue weighted by Gasteiger charge is -2.20. The van der Waals surface area contributed by atoms with Crippen molar-refractivity contribution in [2.75, 3.05) is 6.54 Å². The summed E-state index contributed by atoms with van der Waals surface area (Å²) in [6.07, 6.45) is -1.64. The van der Waals surface area contributed by atoms with E-state index < -0.39 is 23.8 Å². The van der Waals surface area contributed by atoms with Crippen molar-refractivity contribution in [3.05, 3.63) is 0 Å². The fourth-order valence-electron chi connectivity index (χ4n) is 0.799. The molecule has 7 nitrogen and oxygen atoms in total. The molecule has 0 saturated carbocycles. The van der Waals surface area contributed by atoms with Crippen LogP contribution in [0.2, 0.25) is 0 Å². The first-order valence-corrected chi connectivity index (χ1v) is 4.66. The Morgan fingerprint density at radius 2 is 2.00 bits per heavy atom. The van der Waals surface area contributed by atoms with Crippen LogP contribution in [-0.4, -0.2) is 41.8 Å². The lowest BCUT2D eigenvalue weighted by Crippen LogP contribution is -2.45. The lowest BCUT2D eigenvalue weighted by molar-refractivity contribution is -0.109. The van der Waals surface area contributed by atoms with Crippen molar-refractivity contribution in [3.63, 3.8) is 0 Å². The number of alkyl carbamates (subject to hydrolysis) is 1. The molecule has 0 aromatic rings. The maximum Gasteiger partial charge on any atom is 0.407 e. The predicted octanol–water partition coefficient (Wildman–Crippen LogP) is 0.346. The second-order valence-corrected chi connectivity index (χ2v) is 4.07. The minimum Gasteiger partial charge on any atom is -0.465 e. The lowest BCUT2D eigenvalue weighted by atomic mass is 10.2. The Balaban J connectivity index is 3.98. The molecule has 1 atom stereocenters. The molecule has 2 amide bonds. The number of hydrogen-bond acceptors (Lipinski definition) is 4. The molecule has 0 aliphatic rings. The van der Waals surface area contributed by atoms with Gasteiger partial charge in [-0.2, -0.15) is 0 Å². The summed E-state index contributed by atoms with van der Waals surface area (Å²) in [5.41, 5.74) is -0.638. The van der Waals surface area contributed by atoms with Crippen LogP contribution >= 0.6 is 0 Å². The minimum absolute atomic E-state index is 0.148. The Labute approximate surface area is 93.2 Å². The van der Waals surface area contributed by atoms with Crippen LogP contribution in [0.15, 0.2) is 0 Å². The fourth-order valence-corrected chi connectivity index (χ4v) is 0.799. The predicted molar refractivity (Wildman–Crippen MR) is 55.2 cm³/mol. The average Bonchev–Trinajstić information content (AvgIpc) is 2.08. The standard InChI is InChI=1S/C9H16N2O5/c1-9(2,3)16-8(15)10-4-6(5-12)11-7(13)14/h5-6,11H,4H2,1-3H3,(H,10,15)(H,13,14). The molecule has 0 aliphatic carbocycles. The van der Waals surface area contributed by atoms with Crippen LogP contribution in [-0.2, 0) is 9.53 Å². The van der Waals surface area contributed by atoms with Gasteiger partial charge in [0.05, 0.1) is 0 Å². The molecule has 1 unspecified atom stereocenters. The molecule has 16 heavy (non-hydrogen) atoms. The third-order valence-electron chi connectivity index (χ3n) is 1.34. The highest BCUT2D eigenvalue weighted by Gasteiger charge is 2.17. The number of rotatable bonds is 4. The molecular weight excluding hydrogens is 216 g/mol. The van der Waals surface area contributed by atoms with Crippen LogP contribution in [0.3, 0.4) is 0 Å². The van der Waals surface area contributed by atoms with Gasteiger partial charge in [0.25, 0.3) is 0 Å². The molecule has 0 saturated heterocycles. The second-order valence-electron chi connectivity index (χ2n) is 4.07. The summed E-state index contributed by atoms with van der Waals surface area (Å²) < 4.78 is 4.90. The summed E-state index contributed by atoms with van der Waals surface area (Å²) in [7, 11) is 0. The minimum atomic E-state index is -1.33. The Hall–Kier alpha value is -1.79. The van der Waals surface area contributed by atoms with E-state index in [9.17, 15) is 14.4 Å². The Kier molecular flexibility index (Phi) is 5.27. The normalized spacial score (nSPS) is 12.4. The van der Waals surface area contributed by atoms with E-state index in [1.807, 2.05) is 5.32 Å². The molecule has 0 bridgehead atoms. The highest BCUT2D eigenvalue weighted by molar-refractivity contribution is 5.73. The van der Waals surface area contributed by atoms with E-state index in [1.165, 1.54) is 0 Å². The summed E-state index contributed by atoms with van der Waals surface area (Å²) in [4.78, 5) is 31.8. The van der Waals surface area contributed by atoms with Gasteiger partial charge in [-0.25, -0.2) is 9.59 Å². The maximum atomic E-state index is 11.1. The molecule has 0 fully saturated rings. The SMILES string of the molecule is CC(C)(C)OC(=O)NCC(C=O)NC(=O)O. The van der Waals surface area contributed by atoms with Gasteiger partial charge < -0.3 is 25.3 Å². The third kappa shape index (κ3) is 7.60. The molecule has 0 rings (SSSR count). The third-order valence-corrected chi connectivity index (χ3v) is 1.34. The van der Waals surface area contributed by atoms with Crippen LogP contribution in [0.4, 0.5) is 9.59 Å². The van der Waals surface area contributed by atoms with Gasteiger partial charge in [0.15, 0.2) is 0 Å². The average molecular weight is 232 g/mol. The molecule has 0 radical (unpaired) electrons. The number of amides is 2.